The van der Waals surface area contributed by atoms with Crippen molar-refractivity contribution in [3.05, 3.63) is 75.4 Å². The lowest BCUT2D eigenvalue weighted by atomic mass is 10.1. The second-order valence-electron chi connectivity index (χ2n) is 4.82. The Morgan fingerprint density at radius 1 is 1.00 bits per heavy atom. The average Bonchev–Trinajstić information content (AvgIpc) is 2.54. The minimum atomic E-state index is -0.153. The smallest absolute Gasteiger partial charge is 0.256 e. The van der Waals surface area contributed by atoms with Gasteiger partial charge in [-0.3, -0.25) is 4.79 Å². The molecule has 0 unspecified atom stereocenters. The summed E-state index contributed by atoms with van der Waals surface area (Å²) in [7, 11) is 0. The van der Waals surface area contributed by atoms with Crippen LogP contribution in [0.2, 0.25) is 0 Å². The van der Waals surface area contributed by atoms with Crippen LogP contribution >= 0.6 is 22.6 Å². The van der Waals surface area contributed by atoms with E-state index in [9.17, 15) is 4.79 Å². The Morgan fingerprint density at radius 3 is 2.27 bits per heavy atom. The van der Waals surface area contributed by atoms with Crippen molar-refractivity contribution in [1.82, 2.24) is 0 Å². The zero-order valence-corrected chi connectivity index (χ0v) is 13.7. The molecule has 0 spiro atoms. The van der Waals surface area contributed by atoms with Gasteiger partial charge in [-0.15, -0.1) is 0 Å². The molecule has 1 amide bonds. The number of fused-ring (bicyclic) bond motifs is 1. The summed E-state index contributed by atoms with van der Waals surface area (Å²) in [5.41, 5.74) is 1.88. The molecule has 3 rings (SSSR count). The second kappa shape index (κ2) is 6.16. The number of nitriles is 1. The molecule has 0 saturated heterocycles. The fourth-order valence-corrected chi connectivity index (χ4v) is 2.95. The van der Waals surface area contributed by atoms with Crippen LogP contribution < -0.4 is 5.32 Å². The molecule has 0 bridgehead atoms. The van der Waals surface area contributed by atoms with E-state index in [-0.39, 0.29) is 5.91 Å². The predicted octanol–water partition coefficient (Wildman–Crippen LogP) is 4.57. The quantitative estimate of drug-likeness (QED) is 0.644. The van der Waals surface area contributed by atoms with Crippen molar-refractivity contribution in [3.63, 3.8) is 0 Å². The molecule has 0 heterocycles. The summed E-state index contributed by atoms with van der Waals surface area (Å²) in [6.07, 6.45) is 0. The number of carbonyl (C=O) groups is 1. The molecule has 0 aliphatic heterocycles. The largest absolute Gasteiger partial charge is 0.322 e. The molecule has 0 aliphatic rings. The topological polar surface area (TPSA) is 52.9 Å². The molecule has 0 aliphatic carbocycles. The van der Waals surface area contributed by atoms with E-state index in [1.165, 1.54) is 0 Å². The Bertz CT molecular complexity index is 895. The standard InChI is InChI=1S/C18H11IN2O/c19-17-10-14-4-2-1-3-13(14)9-16(17)18(22)21-15-7-5-12(11-20)6-8-15/h1-10H,(H,21,22). The normalized spacial score (nSPS) is 10.2. The van der Waals surface area contributed by atoms with Crippen molar-refractivity contribution in [3.8, 4) is 6.07 Å². The number of nitrogens with one attached hydrogen (secondary N) is 1. The van der Waals surface area contributed by atoms with E-state index in [0.29, 0.717) is 16.8 Å². The summed E-state index contributed by atoms with van der Waals surface area (Å²) >= 11 is 2.17. The van der Waals surface area contributed by atoms with Crippen LogP contribution in [-0.2, 0) is 0 Å². The fraction of sp³-hybridized carbons (Fsp3) is 0. The minimum absolute atomic E-state index is 0.153. The molecule has 3 aromatic carbocycles. The van der Waals surface area contributed by atoms with Crippen LogP contribution in [0.4, 0.5) is 5.69 Å². The van der Waals surface area contributed by atoms with Crippen LogP contribution in [0.3, 0.4) is 0 Å². The lowest BCUT2D eigenvalue weighted by molar-refractivity contribution is 0.102. The molecule has 106 valence electrons. The number of rotatable bonds is 2. The maximum atomic E-state index is 12.5. The summed E-state index contributed by atoms with van der Waals surface area (Å²) < 4.78 is 0.905. The van der Waals surface area contributed by atoms with Gasteiger partial charge in [0.1, 0.15) is 0 Å². The molecular weight excluding hydrogens is 387 g/mol. The maximum Gasteiger partial charge on any atom is 0.256 e. The van der Waals surface area contributed by atoms with Gasteiger partial charge in [-0.1, -0.05) is 24.3 Å². The predicted molar refractivity (Wildman–Crippen MR) is 95.8 cm³/mol. The van der Waals surface area contributed by atoms with E-state index >= 15 is 0 Å². The van der Waals surface area contributed by atoms with Gasteiger partial charge < -0.3 is 5.32 Å². The molecular formula is C18H11IN2O. The van der Waals surface area contributed by atoms with Crippen LogP contribution in [0, 0.1) is 14.9 Å². The Kier molecular flexibility index (Phi) is 4.07. The van der Waals surface area contributed by atoms with Crippen molar-refractivity contribution < 1.29 is 4.79 Å². The molecule has 4 heteroatoms. The van der Waals surface area contributed by atoms with Gasteiger partial charge >= 0.3 is 0 Å². The van der Waals surface area contributed by atoms with E-state index < -0.39 is 0 Å². The van der Waals surface area contributed by atoms with Crippen LogP contribution in [0.5, 0.6) is 0 Å². The van der Waals surface area contributed by atoms with Crippen molar-refractivity contribution in [2.75, 3.05) is 5.32 Å². The number of anilines is 1. The highest BCUT2D eigenvalue weighted by molar-refractivity contribution is 14.1. The number of benzene rings is 3. The fourth-order valence-electron chi connectivity index (χ4n) is 2.21. The molecule has 0 fully saturated rings. The van der Waals surface area contributed by atoms with Gasteiger partial charge in [-0.05, 0) is 69.8 Å². The average molecular weight is 398 g/mol. The number of halogens is 1. The number of hydrogen-bond donors (Lipinski definition) is 1. The van der Waals surface area contributed by atoms with Crippen molar-refractivity contribution in [1.29, 1.82) is 5.26 Å². The van der Waals surface area contributed by atoms with Crippen molar-refractivity contribution in [2.45, 2.75) is 0 Å². The van der Waals surface area contributed by atoms with Gasteiger partial charge in [-0.25, -0.2) is 0 Å². The van der Waals surface area contributed by atoms with E-state index in [1.54, 1.807) is 24.3 Å². The number of amides is 1. The van der Waals surface area contributed by atoms with Gasteiger partial charge in [0.25, 0.3) is 5.91 Å². The molecule has 0 radical (unpaired) electrons. The highest BCUT2D eigenvalue weighted by Crippen LogP contribution is 2.22. The van der Waals surface area contributed by atoms with Crippen molar-refractivity contribution >= 4 is 45.0 Å². The third-order valence-electron chi connectivity index (χ3n) is 3.35. The Morgan fingerprint density at radius 2 is 1.64 bits per heavy atom. The van der Waals surface area contributed by atoms with Crippen LogP contribution in [-0.4, -0.2) is 5.91 Å². The third-order valence-corrected chi connectivity index (χ3v) is 4.24. The SMILES string of the molecule is N#Cc1ccc(NC(=O)c2cc3ccccc3cc2I)cc1. The third kappa shape index (κ3) is 2.95. The molecule has 0 atom stereocenters. The van der Waals surface area contributed by atoms with Gasteiger partial charge in [-0.2, -0.15) is 5.26 Å². The minimum Gasteiger partial charge on any atom is -0.322 e. The van der Waals surface area contributed by atoms with Crippen LogP contribution in [0.25, 0.3) is 10.8 Å². The molecule has 22 heavy (non-hydrogen) atoms. The monoisotopic (exact) mass is 398 g/mol. The summed E-state index contributed by atoms with van der Waals surface area (Å²) in [4.78, 5) is 12.5. The number of carbonyl (C=O) groups excluding carboxylic acids is 1. The first-order valence-corrected chi connectivity index (χ1v) is 7.75. The Hall–Kier alpha value is -2.39. The van der Waals surface area contributed by atoms with Crippen LogP contribution in [0.15, 0.2) is 60.7 Å². The lowest BCUT2D eigenvalue weighted by Crippen LogP contribution is -2.13. The first-order valence-electron chi connectivity index (χ1n) is 6.67. The highest BCUT2D eigenvalue weighted by atomic mass is 127. The van der Waals surface area contributed by atoms with Gasteiger partial charge in [0.15, 0.2) is 0 Å². The second-order valence-corrected chi connectivity index (χ2v) is 5.98. The number of nitrogens with zero attached hydrogens (tertiary/aromatic N) is 1. The zero-order valence-electron chi connectivity index (χ0n) is 11.5. The van der Waals surface area contributed by atoms with Gasteiger partial charge in [0.2, 0.25) is 0 Å². The Labute approximate surface area is 141 Å². The molecule has 0 saturated carbocycles. The summed E-state index contributed by atoms with van der Waals surface area (Å²) in [6, 6.07) is 20.7. The summed E-state index contributed by atoms with van der Waals surface area (Å²) in [5.74, 6) is -0.153. The van der Waals surface area contributed by atoms with Gasteiger partial charge in [0, 0.05) is 9.26 Å². The zero-order chi connectivity index (χ0) is 15.5. The van der Waals surface area contributed by atoms with Crippen molar-refractivity contribution in [2.24, 2.45) is 0 Å². The summed E-state index contributed by atoms with van der Waals surface area (Å²) in [5, 5.41) is 13.8. The van der Waals surface area contributed by atoms with E-state index in [0.717, 1.165) is 14.3 Å². The van der Waals surface area contributed by atoms with E-state index in [4.69, 9.17) is 5.26 Å². The maximum absolute atomic E-state index is 12.5. The molecule has 3 nitrogen and oxygen atoms in total. The molecule has 0 aromatic heterocycles. The number of hydrogen-bond acceptors (Lipinski definition) is 2. The van der Waals surface area contributed by atoms with E-state index in [1.807, 2.05) is 36.4 Å². The Balaban J connectivity index is 1.91. The van der Waals surface area contributed by atoms with Gasteiger partial charge in [0.05, 0.1) is 17.2 Å². The summed E-state index contributed by atoms with van der Waals surface area (Å²) in [6.45, 7) is 0. The first-order chi connectivity index (χ1) is 10.7. The van der Waals surface area contributed by atoms with Crippen LogP contribution in [0.1, 0.15) is 15.9 Å². The van der Waals surface area contributed by atoms with E-state index in [2.05, 4.69) is 34.0 Å². The first kappa shape index (κ1) is 14.5. The molecule has 3 aromatic rings. The lowest BCUT2D eigenvalue weighted by Gasteiger charge is -2.08. The highest BCUT2D eigenvalue weighted by Gasteiger charge is 2.11. The molecule has 1 N–H and O–H groups in total.